The normalized spacial score (nSPS) is 10.5. The van der Waals surface area contributed by atoms with Gasteiger partial charge in [0.25, 0.3) is 5.91 Å². The first-order chi connectivity index (χ1) is 11.1. The molecule has 2 aromatic carbocycles. The Morgan fingerprint density at radius 3 is 2.70 bits per heavy atom. The molecule has 0 atom stereocenters. The van der Waals surface area contributed by atoms with E-state index in [-0.39, 0.29) is 5.91 Å². The highest BCUT2D eigenvalue weighted by Gasteiger charge is 2.12. The fraction of sp³-hybridized carbons (Fsp3) is 0.125. The Morgan fingerprint density at radius 1 is 1.13 bits per heavy atom. The maximum absolute atomic E-state index is 12.4. The van der Waals surface area contributed by atoms with Gasteiger partial charge < -0.3 is 19.2 Å². The molecule has 3 aromatic rings. The molecule has 0 radical (unpaired) electrons. The molecule has 3 rings (SSSR count). The first kappa shape index (κ1) is 14.7. The number of aromatic nitrogens is 1. The maximum Gasteiger partial charge on any atom is 0.417 e. The van der Waals surface area contributed by atoms with Crippen LogP contribution in [-0.2, 0) is 0 Å². The van der Waals surface area contributed by atoms with E-state index in [1.54, 1.807) is 37.4 Å². The van der Waals surface area contributed by atoms with Crippen molar-refractivity contribution in [3.05, 3.63) is 52.5 Å². The van der Waals surface area contributed by atoms with Gasteiger partial charge in [-0.05, 0) is 30.3 Å². The molecule has 1 heterocycles. The van der Waals surface area contributed by atoms with Gasteiger partial charge >= 0.3 is 5.76 Å². The van der Waals surface area contributed by atoms with Crippen LogP contribution in [0.25, 0.3) is 11.1 Å². The summed E-state index contributed by atoms with van der Waals surface area (Å²) >= 11 is 0. The lowest BCUT2D eigenvalue weighted by molar-refractivity contribution is 0.102. The van der Waals surface area contributed by atoms with Crippen LogP contribution in [0.5, 0.6) is 11.5 Å². The van der Waals surface area contributed by atoms with Gasteiger partial charge in [-0.25, -0.2) is 4.79 Å². The minimum atomic E-state index is -0.561. The number of anilines is 1. The number of amides is 1. The zero-order chi connectivity index (χ0) is 16.4. The average molecular weight is 314 g/mol. The standard InChI is InChI=1S/C16H14N2O5/c1-21-10-4-6-11(13(8-10)22-2)17-15(19)9-3-5-12-14(7-9)23-16(20)18-12/h3-8H,1-2H3,(H,17,19)(H,18,20). The summed E-state index contributed by atoms with van der Waals surface area (Å²) in [5.74, 6) is 0.191. The Balaban J connectivity index is 1.89. The van der Waals surface area contributed by atoms with Crippen molar-refractivity contribution in [1.82, 2.24) is 4.98 Å². The summed E-state index contributed by atoms with van der Waals surface area (Å²) in [5, 5.41) is 2.75. The van der Waals surface area contributed by atoms with Gasteiger partial charge in [-0.15, -0.1) is 0 Å². The minimum absolute atomic E-state index is 0.323. The number of hydrogen-bond donors (Lipinski definition) is 2. The number of benzene rings is 2. The number of nitrogens with one attached hydrogen (secondary N) is 2. The summed E-state index contributed by atoms with van der Waals surface area (Å²) < 4.78 is 15.3. The molecule has 7 nitrogen and oxygen atoms in total. The van der Waals surface area contributed by atoms with E-state index in [9.17, 15) is 9.59 Å². The Morgan fingerprint density at radius 2 is 1.96 bits per heavy atom. The van der Waals surface area contributed by atoms with Crippen molar-refractivity contribution in [1.29, 1.82) is 0 Å². The number of carbonyl (C=O) groups is 1. The van der Waals surface area contributed by atoms with Crippen molar-refractivity contribution in [3.8, 4) is 11.5 Å². The zero-order valence-corrected chi connectivity index (χ0v) is 12.5. The number of hydrogen-bond acceptors (Lipinski definition) is 5. The molecule has 0 aliphatic carbocycles. The molecule has 23 heavy (non-hydrogen) atoms. The van der Waals surface area contributed by atoms with Crippen LogP contribution in [0.15, 0.2) is 45.6 Å². The second-order valence-corrected chi connectivity index (χ2v) is 4.75. The second-order valence-electron chi connectivity index (χ2n) is 4.75. The highest BCUT2D eigenvalue weighted by molar-refractivity contribution is 6.06. The maximum atomic E-state index is 12.4. The molecule has 118 valence electrons. The third-order valence-corrected chi connectivity index (χ3v) is 3.34. The van der Waals surface area contributed by atoms with Gasteiger partial charge in [0.05, 0.1) is 25.4 Å². The van der Waals surface area contributed by atoms with E-state index in [4.69, 9.17) is 13.9 Å². The van der Waals surface area contributed by atoms with Crippen molar-refractivity contribution >= 4 is 22.7 Å². The SMILES string of the molecule is COc1ccc(NC(=O)c2ccc3[nH]c(=O)oc3c2)c(OC)c1. The summed E-state index contributed by atoms with van der Waals surface area (Å²) in [4.78, 5) is 26.0. The largest absolute Gasteiger partial charge is 0.497 e. The lowest BCUT2D eigenvalue weighted by atomic mass is 10.2. The Kier molecular flexibility index (Phi) is 3.76. The van der Waals surface area contributed by atoms with Crippen LogP contribution in [0.3, 0.4) is 0 Å². The van der Waals surface area contributed by atoms with Crippen molar-refractivity contribution < 1.29 is 18.7 Å². The quantitative estimate of drug-likeness (QED) is 0.771. The zero-order valence-electron chi connectivity index (χ0n) is 12.5. The van der Waals surface area contributed by atoms with Crippen LogP contribution in [0.2, 0.25) is 0 Å². The van der Waals surface area contributed by atoms with Crippen molar-refractivity contribution in [2.24, 2.45) is 0 Å². The topological polar surface area (TPSA) is 93.6 Å². The van der Waals surface area contributed by atoms with Gasteiger partial charge in [0, 0.05) is 11.6 Å². The van der Waals surface area contributed by atoms with Crippen LogP contribution < -0.4 is 20.5 Å². The number of aromatic amines is 1. The summed E-state index contributed by atoms with van der Waals surface area (Å²) in [6.45, 7) is 0. The van der Waals surface area contributed by atoms with Gasteiger partial charge in [0.2, 0.25) is 0 Å². The molecular weight excluding hydrogens is 300 g/mol. The average Bonchev–Trinajstić information content (AvgIpc) is 2.94. The molecule has 0 aliphatic heterocycles. The summed E-state index contributed by atoms with van der Waals surface area (Å²) in [6.07, 6.45) is 0. The third-order valence-electron chi connectivity index (χ3n) is 3.34. The minimum Gasteiger partial charge on any atom is -0.497 e. The molecular formula is C16H14N2O5. The van der Waals surface area contributed by atoms with E-state index in [2.05, 4.69) is 10.3 Å². The van der Waals surface area contributed by atoms with Crippen LogP contribution in [0.4, 0.5) is 5.69 Å². The fourth-order valence-corrected chi connectivity index (χ4v) is 2.18. The second kappa shape index (κ2) is 5.88. The molecule has 0 fully saturated rings. The first-order valence-corrected chi connectivity index (χ1v) is 6.77. The van der Waals surface area contributed by atoms with Crippen LogP contribution >= 0.6 is 0 Å². The Hall–Kier alpha value is -3.22. The van der Waals surface area contributed by atoms with E-state index in [1.807, 2.05) is 0 Å². The molecule has 2 N–H and O–H groups in total. The van der Waals surface area contributed by atoms with E-state index in [0.717, 1.165) is 0 Å². The number of rotatable bonds is 4. The molecule has 1 aromatic heterocycles. The van der Waals surface area contributed by atoms with E-state index < -0.39 is 5.76 Å². The van der Waals surface area contributed by atoms with Gasteiger partial charge in [0.15, 0.2) is 5.58 Å². The monoisotopic (exact) mass is 314 g/mol. The smallest absolute Gasteiger partial charge is 0.417 e. The molecule has 0 saturated carbocycles. The molecule has 0 bridgehead atoms. The molecule has 7 heteroatoms. The molecule has 0 spiro atoms. The van der Waals surface area contributed by atoms with Crippen molar-refractivity contribution in [3.63, 3.8) is 0 Å². The summed E-state index contributed by atoms with van der Waals surface area (Å²) in [5.41, 5.74) is 1.73. The summed E-state index contributed by atoms with van der Waals surface area (Å²) in [7, 11) is 3.05. The van der Waals surface area contributed by atoms with Gasteiger partial charge in [0.1, 0.15) is 11.5 Å². The predicted octanol–water partition coefficient (Wildman–Crippen LogP) is 2.39. The number of ether oxygens (including phenoxy) is 2. The van der Waals surface area contributed by atoms with E-state index in [0.29, 0.717) is 33.8 Å². The number of methoxy groups -OCH3 is 2. The van der Waals surface area contributed by atoms with Crippen molar-refractivity contribution in [2.75, 3.05) is 19.5 Å². The first-order valence-electron chi connectivity index (χ1n) is 6.77. The highest BCUT2D eigenvalue weighted by atomic mass is 16.5. The highest BCUT2D eigenvalue weighted by Crippen LogP contribution is 2.29. The lowest BCUT2D eigenvalue weighted by Crippen LogP contribution is -2.12. The van der Waals surface area contributed by atoms with Crippen LogP contribution in [0.1, 0.15) is 10.4 Å². The van der Waals surface area contributed by atoms with Crippen LogP contribution in [0, 0.1) is 0 Å². The van der Waals surface area contributed by atoms with Gasteiger partial charge in [-0.2, -0.15) is 0 Å². The molecule has 0 aliphatic rings. The van der Waals surface area contributed by atoms with Crippen LogP contribution in [-0.4, -0.2) is 25.1 Å². The number of carbonyl (C=O) groups excluding carboxylic acids is 1. The number of oxazole rings is 1. The molecule has 0 saturated heterocycles. The molecule has 1 amide bonds. The van der Waals surface area contributed by atoms with E-state index in [1.165, 1.54) is 13.2 Å². The number of H-pyrrole nitrogens is 1. The summed E-state index contributed by atoms with van der Waals surface area (Å²) in [6, 6.07) is 9.78. The van der Waals surface area contributed by atoms with Gasteiger partial charge in [-0.3, -0.25) is 9.78 Å². The van der Waals surface area contributed by atoms with Crippen molar-refractivity contribution in [2.45, 2.75) is 0 Å². The fourth-order valence-electron chi connectivity index (χ4n) is 2.18. The van der Waals surface area contributed by atoms with E-state index >= 15 is 0 Å². The van der Waals surface area contributed by atoms with Gasteiger partial charge in [-0.1, -0.05) is 0 Å². The Bertz CT molecular complexity index is 926. The predicted molar refractivity (Wildman–Crippen MR) is 84.3 cm³/mol. The number of fused-ring (bicyclic) bond motifs is 1. The third kappa shape index (κ3) is 2.89. The Labute approximate surface area is 130 Å². The lowest BCUT2D eigenvalue weighted by Gasteiger charge is -2.11. The molecule has 0 unspecified atom stereocenters.